The number of unbranched alkanes of at least 4 members (excludes halogenated alkanes) is 2. The molecule has 1 aromatic carbocycles. The molecule has 94 valence electrons. The van der Waals surface area contributed by atoms with Crippen molar-refractivity contribution in [3.8, 4) is 0 Å². The molecular weight excluding hydrogens is 212 g/mol. The van der Waals surface area contributed by atoms with Gasteiger partial charge in [0.05, 0.1) is 13.5 Å². The van der Waals surface area contributed by atoms with Crippen LogP contribution in [0.2, 0.25) is 0 Å². The molecule has 0 fully saturated rings. The Morgan fingerprint density at radius 2 is 1.94 bits per heavy atom. The highest BCUT2D eigenvalue weighted by Crippen LogP contribution is 2.26. The summed E-state index contributed by atoms with van der Waals surface area (Å²) in [6.45, 7) is 2.19. The van der Waals surface area contributed by atoms with Crippen molar-refractivity contribution in [2.24, 2.45) is 0 Å². The van der Waals surface area contributed by atoms with Crippen LogP contribution in [-0.4, -0.2) is 13.1 Å². The van der Waals surface area contributed by atoms with Crippen molar-refractivity contribution in [1.82, 2.24) is 0 Å². The van der Waals surface area contributed by atoms with Crippen molar-refractivity contribution >= 4 is 5.97 Å². The van der Waals surface area contributed by atoms with Crippen LogP contribution in [-0.2, 0) is 9.53 Å². The van der Waals surface area contributed by atoms with E-state index in [1.807, 2.05) is 18.2 Å². The Bertz CT molecular complexity index is 319. The predicted octanol–water partition coefficient (Wildman–Crippen LogP) is 3.91. The average Bonchev–Trinajstić information content (AvgIpc) is 2.38. The fourth-order valence-electron chi connectivity index (χ4n) is 2.04. The van der Waals surface area contributed by atoms with Crippen LogP contribution in [0.4, 0.5) is 0 Å². The number of carbonyl (C=O) groups is 1. The largest absolute Gasteiger partial charge is 0.469 e. The van der Waals surface area contributed by atoms with E-state index in [1.54, 1.807) is 0 Å². The molecule has 0 aliphatic heterocycles. The first-order chi connectivity index (χ1) is 8.27. The Morgan fingerprint density at radius 1 is 1.24 bits per heavy atom. The quantitative estimate of drug-likeness (QED) is 0.528. The van der Waals surface area contributed by atoms with Crippen molar-refractivity contribution in [2.45, 2.75) is 44.9 Å². The molecule has 1 atom stereocenters. The fraction of sp³-hybridized carbons (Fsp3) is 0.533. The molecule has 1 aromatic rings. The molecule has 0 bridgehead atoms. The summed E-state index contributed by atoms with van der Waals surface area (Å²) in [5.41, 5.74) is 1.24. The van der Waals surface area contributed by atoms with Crippen molar-refractivity contribution in [2.75, 3.05) is 7.11 Å². The Balaban J connectivity index is 2.61. The van der Waals surface area contributed by atoms with Gasteiger partial charge in [-0.1, -0.05) is 56.5 Å². The topological polar surface area (TPSA) is 26.3 Å². The van der Waals surface area contributed by atoms with Crippen molar-refractivity contribution < 1.29 is 9.53 Å². The molecule has 0 heterocycles. The summed E-state index contributed by atoms with van der Waals surface area (Å²) in [6, 6.07) is 10.3. The van der Waals surface area contributed by atoms with E-state index in [0.29, 0.717) is 12.3 Å². The smallest absolute Gasteiger partial charge is 0.306 e. The summed E-state index contributed by atoms with van der Waals surface area (Å²) in [5.74, 6) is 0.186. The molecule has 0 saturated heterocycles. The molecule has 2 nitrogen and oxygen atoms in total. The zero-order valence-corrected chi connectivity index (χ0v) is 10.8. The maximum atomic E-state index is 11.4. The minimum Gasteiger partial charge on any atom is -0.469 e. The zero-order chi connectivity index (χ0) is 12.5. The van der Waals surface area contributed by atoms with Gasteiger partial charge in [0.1, 0.15) is 0 Å². The van der Waals surface area contributed by atoms with Crippen molar-refractivity contribution in [3.63, 3.8) is 0 Å². The molecular formula is C15H22O2. The maximum absolute atomic E-state index is 11.4. The van der Waals surface area contributed by atoms with Gasteiger partial charge in [0.15, 0.2) is 0 Å². The van der Waals surface area contributed by atoms with Gasteiger partial charge in [-0.25, -0.2) is 0 Å². The van der Waals surface area contributed by atoms with Gasteiger partial charge in [-0.15, -0.1) is 0 Å². The molecule has 0 N–H and O–H groups in total. The lowest BCUT2D eigenvalue weighted by molar-refractivity contribution is -0.141. The Kier molecular flexibility index (Phi) is 6.38. The van der Waals surface area contributed by atoms with Gasteiger partial charge in [0, 0.05) is 0 Å². The highest BCUT2D eigenvalue weighted by molar-refractivity contribution is 5.70. The lowest BCUT2D eigenvalue weighted by atomic mass is 9.90. The van der Waals surface area contributed by atoms with Gasteiger partial charge in [0.25, 0.3) is 0 Å². The summed E-state index contributed by atoms with van der Waals surface area (Å²) in [5, 5.41) is 0. The first kappa shape index (κ1) is 13.8. The van der Waals surface area contributed by atoms with Crippen LogP contribution in [0.3, 0.4) is 0 Å². The molecule has 0 aliphatic rings. The second kappa shape index (κ2) is 7.88. The normalized spacial score (nSPS) is 12.1. The van der Waals surface area contributed by atoms with E-state index in [-0.39, 0.29) is 5.97 Å². The van der Waals surface area contributed by atoms with Crippen LogP contribution < -0.4 is 0 Å². The molecule has 0 amide bonds. The average molecular weight is 234 g/mol. The SMILES string of the molecule is CCCCCC(CC(=O)OC)c1ccccc1. The third-order valence-electron chi connectivity index (χ3n) is 3.07. The molecule has 0 aromatic heterocycles. The number of hydrogen-bond acceptors (Lipinski definition) is 2. The minimum absolute atomic E-state index is 0.115. The Morgan fingerprint density at radius 3 is 2.53 bits per heavy atom. The van der Waals surface area contributed by atoms with Crippen molar-refractivity contribution in [1.29, 1.82) is 0 Å². The number of carbonyl (C=O) groups excluding carboxylic acids is 1. The van der Waals surface area contributed by atoms with Gasteiger partial charge < -0.3 is 4.74 Å². The van der Waals surface area contributed by atoms with Crippen LogP contribution in [0.5, 0.6) is 0 Å². The van der Waals surface area contributed by atoms with Crippen LogP contribution >= 0.6 is 0 Å². The Labute approximate surface area is 104 Å². The number of hydrogen-bond donors (Lipinski definition) is 0. The van der Waals surface area contributed by atoms with Crippen LogP contribution in [0.1, 0.15) is 50.5 Å². The fourth-order valence-corrected chi connectivity index (χ4v) is 2.04. The van der Waals surface area contributed by atoms with Gasteiger partial charge >= 0.3 is 5.97 Å². The van der Waals surface area contributed by atoms with Gasteiger partial charge in [-0.05, 0) is 17.9 Å². The maximum Gasteiger partial charge on any atom is 0.306 e. The number of methoxy groups -OCH3 is 1. The van der Waals surface area contributed by atoms with E-state index in [0.717, 1.165) is 6.42 Å². The van der Waals surface area contributed by atoms with E-state index >= 15 is 0 Å². The minimum atomic E-state index is -0.115. The summed E-state index contributed by atoms with van der Waals surface area (Å²) in [6.07, 6.45) is 5.16. The number of benzene rings is 1. The van der Waals surface area contributed by atoms with E-state index in [1.165, 1.54) is 31.9 Å². The third kappa shape index (κ3) is 5.03. The molecule has 0 spiro atoms. The molecule has 1 rings (SSSR count). The van der Waals surface area contributed by atoms with Crippen LogP contribution in [0, 0.1) is 0 Å². The predicted molar refractivity (Wildman–Crippen MR) is 70.0 cm³/mol. The van der Waals surface area contributed by atoms with E-state index in [4.69, 9.17) is 4.74 Å². The van der Waals surface area contributed by atoms with Gasteiger partial charge in [-0.2, -0.15) is 0 Å². The molecule has 17 heavy (non-hydrogen) atoms. The van der Waals surface area contributed by atoms with E-state index in [2.05, 4.69) is 19.1 Å². The van der Waals surface area contributed by atoms with E-state index < -0.39 is 0 Å². The zero-order valence-electron chi connectivity index (χ0n) is 10.8. The summed E-state index contributed by atoms with van der Waals surface area (Å²) >= 11 is 0. The summed E-state index contributed by atoms with van der Waals surface area (Å²) < 4.78 is 4.77. The second-order valence-corrected chi connectivity index (χ2v) is 4.38. The standard InChI is InChI=1S/C15H22O2/c1-3-4-6-11-14(12-15(16)17-2)13-9-7-5-8-10-13/h5,7-10,14H,3-4,6,11-12H2,1-2H3. The van der Waals surface area contributed by atoms with Crippen LogP contribution in [0.15, 0.2) is 30.3 Å². The van der Waals surface area contributed by atoms with E-state index in [9.17, 15) is 4.79 Å². The second-order valence-electron chi connectivity index (χ2n) is 4.38. The number of rotatable bonds is 7. The van der Waals surface area contributed by atoms with Crippen LogP contribution in [0.25, 0.3) is 0 Å². The molecule has 1 unspecified atom stereocenters. The van der Waals surface area contributed by atoms with Gasteiger partial charge in [0.2, 0.25) is 0 Å². The molecule has 0 radical (unpaired) electrons. The lowest BCUT2D eigenvalue weighted by Crippen LogP contribution is -2.08. The summed E-state index contributed by atoms with van der Waals surface area (Å²) in [7, 11) is 1.45. The number of esters is 1. The lowest BCUT2D eigenvalue weighted by Gasteiger charge is -2.15. The highest BCUT2D eigenvalue weighted by Gasteiger charge is 2.15. The van der Waals surface area contributed by atoms with Crippen molar-refractivity contribution in [3.05, 3.63) is 35.9 Å². The first-order valence-corrected chi connectivity index (χ1v) is 6.39. The molecule has 2 heteroatoms. The third-order valence-corrected chi connectivity index (χ3v) is 3.07. The first-order valence-electron chi connectivity index (χ1n) is 6.39. The summed E-state index contributed by atoms with van der Waals surface area (Å²) in [4.78, 5) is 11.4. The highest BCUT2D eigenvalue weighted by atomic mass is 16.5. The molecule has 0 saturated carbocycles. The number of ether oxygens (including phenoxy) is 1. The monoisotopic (exact) mass is 234 g/mol. The van der Waals surface area contributed by atoms with Gasteiger partial charge in [-0.3, -0.25) is 4.79 Å². The Hall–Kier alpha value is -1.31. The molecule has 0 aliphatic carbocycles.